The third-order valence-electron chi connectivity index (χ3n) is 3.93. The summed E-state index contributed by atoms with van der Waals surface area (Å²) < 4.78 is 2.34. The molecule has 1 atom stereocenters. The van der Waals surface area contributed by atoms with Gasteiger partial charge in [-0.05, 0) is 41.3 Å². The first-order chi connectivity index (χ1) is 9.74. The van der Waals surface area contributed by atoms with E-state index in [4.69, 9.17) is 0 Å². The van der Waals surface area contributed by atoms with Gasteiger partial charge in [0, 0.05) is 25.4 Å². The van der Waals surface area contributed by atoms with Gasteiger partial charge in [0.05, 0.1) is 0 Å². The van der Waals surface area contributed by atoms with E-state index in [1.807, 2.05) is 0 Å². The van der Waals surface area contributed by atoms with Crippen LogP contribution in [0.5, 0.6) is 0 Å². The minimum atomic E-state index is 0.453. The fourth-order valence-corrected chi connectivity index (χ4v) is 3.49. The molecule has 4 nitrogen and oxygen atoms in total. The molecule has 1 N–H and O–H groups in total. The second-order valence-electron chi connectivity index (χ2n) is 5.91. The largest absolute Gasteiger partial charge is 0.314 e. The van der Waals surface area contributed by atoms with Crippen LogP contribution in [0.25, 0.3) is 0 Å². The molecule has 0 spiro atoms. The maximum Gasteiger partial charge on any atom is 0.135 e. The predicted octanol–water partition coefficient (Wildman–Crippen LogP) is 2.82. The Morgan fingerprint density at radius 1 is 1.45 bits per heavy atom. The van der Waals surface area contributed by atoms with Crippen LogP contribution in [-0.2, 0) is 19.5 Å². The monoisotopic (exact) mass is 290 g/mol. The molecule has 1 aliphatic heterocycles. The lowest BCUT2D eigenvalue weighted by Gasteiger charge is -2.25. The fraction of sp³-hybridized carbons (Fsp3) is 0.600. The van der Waals surface area contributed by atoms with Crippen LogP contribution in [0.3, 0.4) is 0 Å². The zero-order valence-electron chi connectivity index (χ0n) is 12.2. The van der Waals surface area contributed by atoms with Gasteiger partial charge in [-0.3, -0.25) is 0 Å². The van der Waals surface area contributed by atoms with Gasteiger partial charge in [-0.15, -0.1) is 10.2 Å². The van der Waals surface area contributed by atoms with E-state index in [9.17, 15) is 0 Å². The van der Waals surface area contributed by atoms with Crippen LogP contribution in [0.4, 0.5) is 0 Å². The van der Waals surface area contributed by atoms with E-state index >= 15 is 0 Å². The summed E-state index contributed by atoms with van der Waals surface area (Å²) >= 11 is 1.76. The van der Waals surface area contributed by atoms with Crippen LogP contribution in [0.2, 0.25) is 0 Å². The summed E-state index contributed by atoms with van der Waals surface area (Å²) in [6.45, 7) is 7.50. The fourth-order valence-electron chi connectivity index (χ4n) is 2.82. The lowest BCUT2D eigenvalue weighted by molar-refractivity contribution is 0.340. The summed E-state index contributed by atoms with van der Waals surface area (Å²) in [5, 5.41) is 16.6. The first-order valence-electron chi connectivity index (χ1n) is 7.38. The number of aryl methyl sites for hydroxylation is 1. The number of hydrogen-bond donors (Lipinski definition) is 1. The summed E-state index contributed by atoms with van der Waals surface area (Å²) in [5.41, 5.74) is 1.39. The molecule has 3 rings (SSSR count). The van der Waals surface area contributed by atoms with Crippen molar-refractivity contribution in [1.29, 1.82) is 0 Å². The number of thiophene rings is 1. The molecule has 2 aromatic rings. The van der Waals surface area contributed by atoms with Crippen LogP contribution in [0.1, 0.15) is 43.4 Å². The van der Waals surface area contributed by atoms with E-state index in [2.05, 4.69) is 50.8 Å². The first-order valence-corrected chi connectivity index (χ1v) is 8.32. The van der Waals surface area contributed by atoms with Crippen molar-refractivity contribution in [3.8, 4) is 0 Å². The van der Waals surface area contributed by atoms with E-state index in [0.717, 1.165) is 31.9 Å². The van der Waals surface area contributed by atoms with Gasteiger partial charge in [0.15, 0.2) is 0 Å². The molecule has 0 bridgehead atoms. The number of nitrogens with one attached hydrogen (secondary N) is 1. The van der Waals surface area contributed by atoms with Gasteiger partial charge in [0.2, 0.25) is 0 Å². The van der Waals surface area contributed by atoms with Crippen molar-refractivity contribution < 1.29 is 0 Å². The molecule has 5 heteroatoms. The van der Waals surface area contributed by atoms with Crippen LogP contribution >= 0.6 is 11.3 Å². The summed E-state index contributed by atoms with van der Waals surface area (Å²) in [7, 11) is 0. The van der Waals surface area contributed by atoms with Crippen molar-refractivity contribution in [3.63, 3.8) is 0 Å². The van der Waals surface area contributed by atoms with E-state index in [-0.39, 0.29) is 0 Å². The topological polar surface area (TPSA) is 42.7 Å². The third-order valence-corrected chi connectivity index (χ3v) is 4.66. The SMILES string of the molecule is CC(C)c1nnc2n1C[C@@H](CNCc1ccsc1)CC2. The maximum absolute atomic E-state index is 4.35. The van der Waals surface area contributed by atoms with Crippen molar-refractivity contribution >= 4 is 11.3 Å². The van der Waals surface area contributed by atoms with E-state index in [0.29, 0.717) is 11.8 Å². The maximum atomic E-state index is 4.35. The van der Waals surface area contributed by atoms with Gasteiger partial charge in [0.1, 0.15) is 11.6 Å². The van der Waals surface area contributed by atoms with E-state index in [1.165, 1.54) is 17.8 Å². The highest BCUT2D eigenvalue weighted by Gasteiger charge is 2.23. The Labute approximate surface area is 124 Å². The second kappa shape index (κ2) is 6.06. The number of aromatic nitrogens is 3. The van der Waals surface area contributed by atoms with Crippen LogP contribution in [0.15, 0.2) is 16.8 Å². The molecule has 0 unspecified atom stereocenters. The van der Waals surface area contributed by atoms with Crippen molar-refractivity contribution in [3.05, 3.63) is 34.0 Å². The molecule has 0 saturated carbocycles. The Hall–Kier alpha value is -1.20. The molecule has 1 aliphatic rings. The van der Waals surface area contributed by atoms with Crippen LogP contribution < -0.4 is 5.32 Å². The summed E-state index contributed by atoms with van der Waals surface area (Å²) in [4.78, 5) is 0. The van der Waals surface area contributed by atoms with Gasteiger partial charge in [-0.1, -0.05) is 13.8 Å². The zero-order chi connectivity index (χ0) is 13.9. The van der Waals surface area contributed by atoms with E-state index in [1.54, 1.807) is 11.3 Å². The Balaban J connectivity index is 1.56. The second-order valence-corrected chi connectivity index (χ2v) is 6.69. The third kappa shape index (κ3) is 2.94. The van der Waals surface area contributed by atoms with Crippen molar-refractivity contribution in [1.82, 2.24) is 20.1 Å². The molecular formula is C15H22N4S. The summed E-state index contributed by atoms with van der Waals surface area (Å²) in [6, 6.07) is 2.19. The number of nitrogens with zero attached hydrogens (tertiary/aromatic N) is 3. The molecule has 0 aliphatic carbocycles. The Morgan fingerprint density at radius 3 is 3.10 bits per heavy atom. The molecule has 2 aromatic heterocycles. The average Bonchev–Trinajstić information content (AvgIpc) is 3.06. The highest BCUT2D eigenvalue weighted by Crippen LogP contribution is 2.23. The van der Waals surface area contributed by atoms with Gasteiger partial charge in [-0.25, -0.2) is 0 Å². The molecular weight excluding hydrogens is 268 g/mol. The van der Waals surface area contributed by atoms with Gasteiger partial charge in [-0.2, -0.15) is 11.3 Å². The van der Waals surface area contributed by atoms with Crippen LogP contribution in [-0.4, -0.2) is 21.3 Å². The van der Waals surface area contributed by atoms with E-state index < -0.39 is 0 Å². The first kappa shape index (κ1) is 13.8. The highest BCUT2D eigenvalue weighted by molar-refractivity contribution is 7.07. The molecule has 3 heterocycles. The minimum absolute atomic E-state index is 0.453. The lowest BCUT2D eigenvalue weighted by atomic mass is 9.98. The zero-order valence-corrected chi connectivity index (χ0v) is 13.0. The Morgan fingerprint density at radius 2 is 2.35 bits per heavy atom. The molecule has 0 radical (unpaired) electrons. The van der Waals surface area contributed by atoms with Gasteiger partial charge < -0.3 is 9.88 Å². The molecule has 20 heavy (non-hydrogen) atoms. The lowest BCUT2D eigenvalue weighted by Crippen LogP contribution is -2.30. The quantitative estimate of drug-likeness (QED) is 0.921. The predicted molar refractivity (Wildman–Crippen MR) is 81.9 cm³/mol. The molecule has 0 amide bonds. The average molecular weight is 290 g/mol. The van der Waals surface area contributed by atoms with Gasteiger partial charge >= 0.3 is 0 Å². The highest BCUT2D eigenvalue weighted by atomic mass is 32.1. The van der Waals surface area contributed by atoms with Crippen molar-refractivity contribution in [2.75, 3.05) is 6.54 Å². The molecule has 0 aromatic carbocycles. The summed E-state index contributed by atoms with van der Waals surface area (Å²) in [6.07, 6.45) is 2.28. The Kier molecular flexibility index (Phi) is 4.17. The minimum Gasteiger partial charge on any atom is -0.314 e. The number of rotatable bonds is 5. The Bertz CT molecular complexity index is 544. The molecule has 0 saturated heterocycles. The molecule has 0 fully saturated rings. The standard InChI is InChI=1S/C15H22N4S/c1-11(2)15-18-17-14-4-3-12(9-19(14)15)7-16-8-13-5-6-20-10-13/h5-6,10-12,16H,3-4,7-9H2,1-2H3/t12-/m1/s1. The number of hydrogen-bond acceptors (Lipinski definition) is 4. The molecule has 108 valence electrons. The van der Waals surface area contributed by atoms with Crippen molar-refractivity contribution in [2.45, 2.75) is 45.7 Å². The normalized spacial score (nSPS) is 18.4. The van der Waals surface area contributed by atoms with Crippen LogP contribution in [0, 0.1) is 5.92 Å². The number of fused-ring (bicyclic) bond motifs is 1. The van der Waals surface area contributed by atoms with Gasteiger partial charge in [0.25, 0.3) is 0 Å². The van der Waals surface area contributed by atoms with Crippen molar-refractivity contribution in [2.24, 2.45) is 5.92 Å². The summed E-state index contributed by atoms with van der Waals surface area (Å²) in [5.74, 6) is 3.45. The smallest absolute Gasteiger partial charge is 0.135 e.